The molecule has 0 aliphatic heterocycles. The number of benzene rings is 1. The Morgan fingerprint density at radius 2 is 1.79 bits per heavy atom. The Bertz CT molecular complexity index is 1360. The van der Waals surface area contributed by atoms with Gasteiger partial charge >= 0.3 is 6.18 Å². The number of alkyl halides is 3. The number of rotatable bonds is 4. The molecule has 34 heavy (non-hydrogen) atoms. The number of aromatic nitrogens is 3. The molecule has 0 saturated heterocycles. The van der Waals surface area contributed by atoms with Crippen molar-refractivity contribution in [1.29, 1.82) is 0 Å². The highest BCUT2D eigenvalue weighted by Crippen LogP contribution is 2.30. The number of carbonyl (C=O) groups excluding carboxylic acids is 1. The molecule has 2 N–H and O–H groups in total. The van der Waals surface area contributed by atoms with Crippen LogP contribution in [0.3, 0.4) is 0 Å². The number of hydrogen-bond acceptors (Lipinski definition) is 4. The maximum absolute atomic E-state index is 13.0. The molecule has 1 saturated carbocycles. The van der Waals surface area contributed by atoms with Crippen LogP contribution in [0.4, 0.5) is 19.0 Å². The number of anilines is 1. The molecule has 0 radical (unpaired) electrons. The average molecular weight is 488 g/mol. The fourth-order valence-corrected chi connectivity index (χ4v) is 4.60. The predicted octanol–water partition coefficient (Wildman–Crippen LogP) is 5.71. The number of nitrogens with one attached hydrogen (secondary N) is 2. The molecule has 3 heterocycles. The zero-order valence-corrected chi connectivity index (χ0v) is 18.7. The highest BCUT2D eigenvalue weighted by Gasteiger charge is 2.34. The van der Waals surface area contributed by atoms with E-state index in [9.17, 15) is 18.0 Å². The highest BCUT2D eigenvalue weighted by atomic mass is 35.5. The lowest BCUT2D eigenvalue weighted by Gasteiger charge is -2.30. The van der Waals surface area contributed by atoms with Crippen LogP contribution < -0.4 is 10.6 Å². The second-order valence-corrected chi connectivity index (χ2v) is 8.90. The van der Waals surface area contributed by atoms with Gasteiger partial charge in [0.25, 0.3) is 5.91 Å². The number of carbonyl (C=O) groups is 1. The summed E-state index contributed by atoms with van der Waals surface area (Å²) in [5.74, 6) is 0.383. The van der Waals surface area contributed by atoms with Crippen molar-refractivity contribution in [3.05, 3.63) is 71.1 Å². The predicted molar refractivity (Wildman–Crippen MR) is 124 cm³/mol. The average Bonchev–Trinajstić information content (AvgIpc) is 3.26. The van der Waals surface area contributed by atoms with Gasteiger partial charge < -0.3 is 10.6 Å². The van der Waals surface area contributed by atoms with Crippen LogP contribution in [-0.2, 0) is 6.18 Å². The molecule has 0 bridgehead atoms. The number of nitrogens with zero attached hydrogens (tertiary/aromatic N) is 3. The standard InChI is InChI=1S/C24H21ClF3N5O/c25-15-11-14-3-1-4-18(22(14)29-12-15)23(34)31-17-9-7-16(8-10-17)30-20-5-2-6-21-32-19(13-33(20)21)24(26,27)28/h1-6,11-13,16-17,30H,7-10H2,(H,31,34). The first-order chi connectivity index (χ1) is 16.3. The lowest BCUT2D eigenvalue weighted by Crippen LogP contribution is -2.40. The Kier molecular flexibility index (Phi) is 5.81. The summed E-state index contributed by atoms with van der Waals surface area (Å²) < 4.78 is 40.6. The monoisotopic (exact) mass is 487 g/mol. The zero-order chi connectivity index (χ0) is 23.9. The van der Waals surface area contributed by atoms with E-state index < -0.39 is 11.9 Å². The van der Waals surface area contributed by atoms with E-state index in [0.29, 0.717) is 21.9 Å². The quantitative estimate of drug-likeness (QED) is 0.387. The van der Waals surface area contributed by atoms with Crippen LogP contribution in [0.1, 0.15) is 41.7 Å². The third-order valence-electron chi connectivity index (χ3n) is 6.12. The number of amides is 1. The van der Waals surface area contributed by atoms with E-state index in [1.54, 1.807) is 36.4 Å². The lowest BCUT2D eigenvalue weighted by molar-refractivity contribution is -0.140. The van der Waals surface area contributed by atoms with E-state index in [2.05, 4.69) is 20.6 Å². The SMILES string of the molecule is O=C(NC1CCC(Nc2cccc3nc(C(F)(F)F)cn23)CC1)c1cccc2cc(Cl)cnc12. The molecule has 1 amide bonds. The molecule has 10 heteroatoms. The number of hydrogen-bond donors (Lipinski definition) is 2. The summed E-state index contributed by atoms with van der Waals surface area (Å²) in [6.07, 6.45) is 1.08. The molecule has 1 aliphatic rings. The van der Waals surface area contributed by atoms with Gasteiger partial charge in [-0.15, -0.1) is 0 Å². The number of halogens is 4. The van der Waals surface area contributed by atoms with Crippen LogP contribution in [0.5, 0.6) is 0 Å². The summed E-state index contributed by atoms with van der Waals surface area (Å²) in [4.78, 5) is 20.9. The maximum Gasteiger partial charge on any atom is 0.434 e. The van der Waals surface area contributed by atoms with Crippen molar-refractivity contribution in [2.45, 2.75) is 43.9 Å². The zero-order valence-electron chi connectivity index (χ0n) is 17.9. The smallest absolute Gasteiger partial charge is 0.368 e. The van der Waals surface area contributed by atoms with Gasteiger partial charge in [-0.1, -0.05) is 29.8 Å². The van der Waals surface area contributed by atoms with Gasteiger partial charge in [-0.3, -0.25) is 14.2 Å². The molecule has 6 nitrogen and oxygen atoms in total. The number of pyridine rings is 2. The Balaban J connectivity index is 1.23. The molecule has 0 atom stereocenters. The van der Waals surface area contributed by atoms with Gasteiger partial charge in [-0.25, -0.2) is 4.98 Å². The topological polar surface area (TPSA) is 71.3 Å². The summed E-state index contributed by atoms with van der Waals surface area (Å²) >= 11 is 6.01. The fraction of sp³-hybridized carbons (Fsp3) is 0.292. The molecular weight excluding hydrogens is 467 g/mol. The largest absolute Gasteiger partial charge is 0.434 e. The molecule has 0 unspecified atom stereocenters. The van der Waals surface area contributed by atoms with Crippen molar-refractivity contribution in [3.8, 4) is 0 Å². The van der Waals surface area contributed by atoms with Gasteiger partial charge in [-0.2, -0.15) is 13.2 Å². The Morgan fingerprint density at radius 3 is 2.56 bits per heavy atom. The van der Waals surface area contributed by atoms with Crippen LogP contribution in [0.2, 0.25) is 5.02 Å². The van der Waals surface area contributed by atoms with Crippen LogP contribution in [0, 0.1) is 0 Å². The molecule has 176 valence electrons. The Labute approximate surface area is 198 Å². The molecule has 1 aromatic carbocycles. The first-order valence-electron chi connectivity index (χ1n) is 10.9. The van der Waals surface area contributed by atoms with Crippen LogP contribution >= 0.6 is 11.6 Å². The van der Waals surface area contributed by atoms with Gasteiger partial charge in [0.15, 0.2) is 5.69 Å². The molecule has 3 aromatic heterocycles. The highest BCUT2D eigenvalue weighted by molar-refractivity contribution is 6.31. The molecular formula is C24H21ClF3N5O. The Morgan fingerprint density at radius 1 is 1.06 bits per heavy atom. The van der Waals surface area contributed by atoms with Crippen LogP contribution in [0.15, 0.2) is 54.9 Å². The Hall–Kier alpha value is -3.33. The minimum atomic E-state index is -4.49. The molecule has 1 fully saturated rings. The first-order valence-corrected chi connectivity index (χ1v) is 11.3. The summed E-state index contributed by atoms with van der Waals surface area (Å²) in [6, 6.07) is 12.2. The van der Waals surface area contributed by atoms with E-state index in [0.717, 1.165) is 37.3 Å². The van der Waals surface area contributed by atoms with Gasteiger partial charge in [0, 0.05) is 29.9 Å². The third-order valence-corrected chi connectivity index (χ3v) is 6.33. The van der Waals surface area contributed by atoms with Crippen molar-refractivity contribution in [3.63, 3.8) is 0 Å². The fourth-order valence-electron chi connectivity index (χ4n) is 4.44. The number of fused-ring (bicyclic) bond motifs is 2. The van der Waals surface area contributed by atoms with E-state index in [1.807, 2.05) is 6.07 Å². The van der Waals surface area contributed by atoms with Crippen molar-refractivity contribution < 1.29 is 18.0 Å². The summed E-state index contributed by atoms with van der Waals surface area (Å²) in [7, 11) is 0. The molecule has 1 aliphatic carbocycles. The van der Waals surface area contributed by atoms with Crippen molar-refractivity contribution in [2.24, 2.45) is 0 Å². The second-order valence-electron chi connectivity index (χ2n) is 8.46. The number of imidazole rings is 1. The van der Waals surface area contributed by atoms with E-state index in [-0.39, 0.29) is 23.6 Å². The normalized spacial score (nSPS) is 18.8. The summed E-state index contributed by atoms with van der Waals surface area (Å²) in [5, 5.41) is 7.75. The number of para-hydroxylation sites is 1. The van der Waals surface area contributed by atoms with Gasteiger partial charge in [0.2, 0.25) is 0 Å². The third kappa shape index (κ3) is 4.52. The summed E-state index contributed by atoms with van der Waals surface area (Å²) in [5.41, 5.74) is 0.426. The van der Waals surface area contributed by atoms with E-state index in [4.69, 9.17) is 11.6 Å². The molecule has 4 aromatic rings. The molecule has 0 spiro atoms. The summed E-state index contributed by atoms with van der Waals surface area (Å²) in [6.45, 7) is 0. The second kappa shape index (κ2) is 8.79. The maximum atomic E-state index is 13.0. The van der Waals surface area contributed by atoms with E-state index >= 15 is 0 Å². The minimum Gasteiger partial charge on any atom is -0.368 e. The van der Waals surface area contributed by atoms with Gasteiger partial charge in [0.1, 0.15) is 11.5 Å². The lowest BCUT2D eigenvalue weighted by atomic mass is 9.91. The van der Waals surface area contributed by atoms with Crippen molar-refractivity contribution in [1.82, 2.24) is 19.7 Å². The van der Waals surface area contributed by atoms with Crippen molar-refractivity contribution in [2.75, 3.05) is 5.32 Å². The van der Waals surface area contributed by atoms with Gasteiger partial charge in [-0.05, 0) is 49.9 Å². The van der Waals surface area contributed by atoms with Crippen LogP contribution in [-0.4, -0.2) is 32.4 Å². The first kappa shape index (κ1) is 22.5. The van der Waals surface area contributed by atoms with E-state index in [1.165, 1.54) is 10.6 Å². The van der Waals surface area contributed by atoms with Crippen molar-refractivity contribution >= 4 is 39.9 Å². The van der Waals surface area contributed by atoms with Crippen LogP contribution in [0.25, 0.3) is 16.6 Å². The van der Waals surface area contributed by atoms with Gasteiger partial charge in [0.05, 0.1) is 16.1 Å². The molecule has 5 rings (SSSR count). The minimum absolute atomic E-state index is 0.00831.